The van der Waals surface area contributed by atoms with Gasteiger partial charge in [-0.3, -0.25) is 4.79 Å². The fraction of sp³-hybridized carbons (Fsp3) is 0.900. The third-order valence-electron chi connectivity index (χ3n) is 2.14. The molecule has 0 aromatic heterocycles. The number of hydrogen-bond donors (Lipinski definition) is 2. The second kappa shape index (κ2) is 8.30. The lowest BCUT2D eigenvalue weighted by atomic mass is 10.4. The van der Waals surface area contributed by atoms with Gasteiger partial charge in [0.05, 0.1) is 5.25 Å². The largest absolute Gasteiger partial charge is 0.354 e. The van der Waals surface area contributed by atoms with Crippen LogP contribution in [0.4, 0.5) is 0 Å². The minimum absolute atomic E-state index is 0.176. The van der Waals surface area contributed by atoms with Gasteiger partial charge in [-0.15, -0.1) is 11.8 Å². The van der Waals surface area contributed by atoms with Gasteiger partial charge in [0.15, 0.2) is 0 Å². The Bertz CT molecular complexity index is 184. The Kier molecular flexibility index (Phi) is 7.30. The molecule has 0 radical (unpaired) electrons. The predicted molar refractivity (Wildman–Crippen MR) is 69.7 cm³/mol. The Hall–Kier alpha value is 0.130. The lowest BCUT2D eigenvalue weighted by molar-refractivity contribution is -0.120. The van der Waals surface area contributed by atoms with Crippen molar-refractivity contribution in [3.05, 3.63) is 0 Å². The third kappa shape index (κ3) is 5.68. The molecule has 1 rings (SSSR count). The van der Waals surface area contributed by atoms with E-state index in [1.807, 2.05) is 11.8 Å². The van der Waals surface area contributed by atoms with E-state index in [-0.39, 0.29) is 11.2 Å². The summed E-state index contributed by atoms with van der Waals surface area (Å²) in [4.78, 5) is 11.7. The van der Waals surface area contributed by atoms with Gasteiger partial charge in [0, 0.05) is 30.3 Å². The van der Waals surface area contributed by atoms with Gasteiger partial charge in [-0.25, -0.2) is 0 Å². The Morgan fingerprint density at radius 3 is 2.87 bits per heavy atom. The summed E-state index contributed by atoms with van der Waals surface area (Å²) in [6, 6.07) is 0. The molecule has 0 saturated carbocycles. The molecule has 1 saturated heterocycles. The summed E-state index contributed by atoms with van der Waals surface area (Å²) in [6.45, 7) is 4.80. The van der Waals surface area contributed by atoms with Crippen molar-refractivity contribution in [2.75, 3.05) is 36.9 Å². The quantitative estimate of drug-likeness (QED) is 0.687. The van der Waals surface area contributed by atoms with Crippen molar-refractivity contribution in [2.45, 2.75) is 18.6 Å². The first-order valence-corrected chi connectivity index (χ1v) is 7.72. The fourth-order valence-electron chi connectivity index (χ4n) is 1.33. The second-order valence-electron chi connectivity index (χ2n) is 3.48. The lowest BCUT2D eigenvalue weighted by Crippen LogP contribution is -2.39. The maximum absolute atomic E-state index is 11.7. The van der Waals surface area contributed by atoms with Crippen molar-refractivity contribution in [3.8, 4) is 0 Å². The number of nitrogens with one attached hydrogen (secondary N) is 2. The average Bonchev–Trinajstić information content (AvgIpc) is 2.30. The highest BCUT2D eigenvalue weighted by Gasteiger charge is 2.21. The van der Waals surface area contributed by atoms with Gasteiger partial charge < -0.3 is 10.6 Å². The summed E-state index contributed by atoms with van der Waals surface area (Å²) in [6.07, 6.45) is 1.14. The van der Waals surface area contributed by atoms with E-state index >= 15 is 0 Å². The summed E-state index contributed by atoms with van der Waals surface area (Å²) < 4.78 is 0. The minimum atomic E-state index is 0.176. The van der Waals surface area contributed by atoms with Crippen LogP contribution in [0.3, 0.4) is 0 Å². The summed E-state index contributed by atoms with van der Waals surface area (Å²) >= 11 is 3.67. The standard InChI is InChI=1S/C10H20N2OS2/c1-2-3-11-4-5-12-10(13)9-8-14-6-7-15-9/h9,11H,2-8H2,1H3,(H,12,13). The molecule has 2 N–H and O–H groups in total. The zero-order chi connectivity index (χ0) is 10.9. The van der Waals surface area contributed by atoms with Crippen molar-refractivity contribution in [1.29, 1.82) is 0 Å². The Balaban J connectivity index is 2.02. The van der Waals surface area contributed by atoms with Crippen LogP contribution in [0.5, 0.6) is 0 Å². The van der Waals surface area contributed by atoms with Crippen molar-refractivity contribution in [1.82, 2.24) is 10.6 Å². The molecule has 3 nitrogen and oxygen atoms in total. The molecule has 5 heteroatoms. The monoisotopic (exact) mass is 248 g/mol. The average molecular weight is 248 g/mol. The van der Waals surface area contributed by atoms with Gasteiger partial charge in [-0.2, -0.15) is 11.8 Å². The van der Waals surface area contributed by atoms with E-state index < -0.39 is 0 Å². The molecule has 0 spiro atoms. The molecular formula is C10H20N2OS2. The molecule has 1 aliphatic rings. The van der Waals surface area contributed by atoms with Crippen LogP contribution in [0.15, 0.2) is 0 Å². The van der Waals surface area contributed by atoms with Crippen molar-refractivity contribution < 1.29 is 4.79 Å². The Morgan fingerprint density at radius 2 is 2.20 bits per heavy atom. The Labute approximate surface area is 101 Å². The normalized spacial score (nSPS) is 21.3. The van der Waals surface area contributed by atoms with Crippen LogP contribution in [-0.4, -0.2) is 48.0 Å². The van der Waals surface area contributed by atoms with Crippen molar-refractivity contribution in [3.63, 3.8) is 0 Å². The molecule has 1 aliphatic heterocycles. The smallest absolute Gasteiger partial charge is 0.234 e. The van der Waals surface area contributed by atoms with Crippen LogP contribution in [-0.2, 0) is 4.79 Å². The van der Waals surface area contributed by atoms with Gasteiger partial charge in [0.1, 0.15) is 0 Å². The first kappa shape index (κ1) is 13.2. The Morgan fingerprint density at radius 1 is 1.33 bits per heavy atom. The van der Waals surface area contributed by atoms with Gasteiger partial charge in [-0.05, 0) is 13.0 Å². The van der Waals surface area contributed by atoms with Crippen LogP contribution in [0, 0.1) is 0 Å². The van der Waals surface area contributed by atoms with Gasteiger partial charge in [0.2, 0.25) is 5.91 Å². The number of rotatable bonds is 6. The maximum atomic E-state index is 11.7. The molecule has 1 atom stereocenters. The molecular weight excluding hydrogens is 228 g/mol. The summed E-state index contributed by atoms with van der Waals surface area (Å²) in [5, 5.41) is 6.42. The van der Waals surface area contributed by atoms with E-state index in [0.717, 1.165) is 37.6 Å². The van der Waals surface area contributed by atoms with Crippen LogP contribution < -0.4 is 10.6 Å². The molecule has 1 unspecified atom stereocenters. The summed E-state index contributed by atoms with van der Waals surface area (Å²) in [5.74, 6) is 3.48. The number of hydrogen-bond acceptors (Lipinski definition) is 4. The molecule has 0 aliphatic carbocycles. The second-order valence-corrected chi connectivity index (χ2v) is 5.94. The van der Waals surface area contributed by atoms with E-state index in [9.17, 15) is 4.79 Å². The van der Waals surface area contributed by atoms with Gasteiger partial charge in [-0.1, -0.05) is 6.92 Å². The molecule has 15 heavy (non-hydrogen) atoms. The van der Waals surface area contributed by atoms with E-state index in [0.29, 0.717) is 0 Å². The summed E-state index contributed by atoms with van der Waals surface area (Å²) in [7, 11) is 0. The third-order valence-corrected chi connectivity index (χ3v) is 4.89. The van der Waals surface area contributed by atoms with Crippen LogP contribution in [0.1, 0.15) is 13.3 Å². The lowest BCUT2D eigenvalue weighted by Gasteiger charge is -2.20. The molecule has 0 aromatic carbocycles. The van der Waals surface area contributed by atoms with Crippen LogP contribution >= 0.6 is 23.5 Å². The number of amides is 1. The van der Waals surface area contributed by atoms with Crippen LogP contribution in [0.2, 0.25) is 0 Å². The number of thioether (sulfide) groups is 2. The van der Waals surface area contributed by atoms with Crippen molar-refractivity contribution in [2.24, 2.45) is 0 Å². The van der Waals surface area contributed by atoms with Gasteiger partial charge in [0.25, 0.3) is 0 Å². The van der Waals surface area contributed by atoms with Gasteiger partial charge >= 0.3 is 0 Å². The SMILES string of the molecule is CCCNCCNC(=O)C1CSCCS1. The highest BCUT2D eigenvalue weighted by atomic mass is 32.2. The van der Waals surface area contributed by atoms with E-state index in [1.54, 1.807) is 11.8 Å². The predicted octanol–water partition coefficient (Wildman–Crippen LogP) is 0.951. The molecule has 1 amide bonds. The summed E-state index contributed by atoms with van der Waals surface area (Å²) in [5.41, 5.74) is 0. The van der Waals surface area contributed by atoms with Crippen LogP contribution in [0.25, 0.3) is 0 Å². The molecule has 0 bridgehead atoms. The molecule has 88 valence electrons. The number of carbonyl (C=O) groups excluding carboxylic acids is 1. The van der Waals surface area contributed by atoms with E-state index in [2.05, 4.69) is 17.6 Å². The molecule has 1 fully saturated rings. The number of carbonyl (C=O) groups is 1. The highest BCUT2D eigenvalue weighted by molar-refractivity contribution is 8.07. The topological polar surface area (TPSA) is 41.1 Å². The molecule has 0 aromatic rings. The zero-order valence-corrected chi connectivity index (χ0v) is 10.9. The first-order valence-electron chi connectivity index (χ1n) is 5.52. The highest BCUT2D eigenvalue weighted by Crippen LogP contribution is 2.23. The molecule has 1 heterocycles. The zero-order valence-electron chi connectivity index (χ0n) is 9.25. The van der Waals surface area contributed by atoms with E-state index in [4.69, 9.17) is 0 Å². The van der Waals surface area contributed by atoms with Crippen molar-refractivity contribution >= 4 is 29.4 Å². The fourth-order valence-corrected chi connectivity index (χ4v) is 3.91. The first-order chi connectivity index (χ1) is 7.34. The maximum Gasteiger partial charge on any atom is 0.234 e. The van der Waals surface area contributed by atoms with E-state index in [1.165, 1.54) is 5.75 Å². The minimum Gasteiger partial charge on any atom is -0.354 e.